The molecule has 1 aromatic heterocycles. The molecule has 0 atom stereocenters. The number of nitrogens with zero attached hydrogens (tertiary/aromatic N) is 1. The first-order chi connectivity index (χ1) is 6.25. The summed E-state index contributed by atoms with van der Waals surface area (Å²) in [6.07, 6.45) is 0. The van der Waals surface area contributed by atoms with Crippen LogP contribution in [0.4, 0.5) is 0 Å². The van der Waals surface area contributed by atoms with E-state index in [0.29, 0.717) is 5.02 Å². The van der Waals surface area contributed by atoms with E-state index in [1.54, 1.807) is 18.2 Å². The van der Waals surface area contributed by atoms with Crippen LogP contribution >= 0.6 is 23.1 Å². The summed E-state index contributed by atoms with van der Waals surface area (Å²) >= 11 is 6.81. The molecule has 13 heavy (non-hydrogen) atoms. The average molecular weight is 212 g/mol. The van der Waals surface area contributed by atoms with E-state index in [2.05, 4.69) is 4.37 Å². The third-order valence-corrected chi connectivity index (χ3v) is 2.48. The molecule has 2 rings (SSSR count). The lowest BCUT2D eigenvalue weighted by atomic mass is 10.2. The van der Waals surface area contributed by atoms with Crippen molar-refractivity contribution in [1.29, 1.82) is 0 Å². The predicted octanol–water partition coefficient (Wildman–Crippen LogP) is 3.17. The largest absolute Gasteiger partial charge is 0.498 e. The molecule has 0 aliphatic rings. The van der Waals surface area contributed by atoms with Crippen molar-refractivity contribution < 1.29 is 5.11 Å². The zero-order valence-electron chi connectivity index (χ0n) is 6.57. The summed E-state index contributed by atoms with van der Waals surface area (Å²) in [5.74, 6) is 0. The summed E-state index contributed by atoms with van der Waals surface area (Å²) in [6, 6.07) is 8.97. The maximum absolute atomic E-state index is 9.10. The van der Waals surface area contributed by atoms with Gasteiger partial charge in [0.05, 0.1) is 5.69 Å². The minimum Gasteiger partial charge on any atom is -0.498 e. The summed E-state index contributed by atoms with van der Waals surface area (Å²) in [7, 11) is 0. The number of aromatic hydroxyl groups is 1. The Morgan fingerprint density at radius 2 is 1.92 bits per heavy atom. The van der Waals surface area contributed by atoms with Gasteiger partial charge >= 0.3 is 0 Å². The van der Waals surface area contributed by atoms with E-state index in [-0.39, 0.29) is 5.06 Å². The van der Waals surface area contributed by atoms with E-state index < -0.39 is 0 Å². The van der Waals surface area contributed by atoms with Crippen LogP contribution in [0.1, 0.15) is 0 Å². The van der Waals surface area contributed by atoms with Gasteiger partial charge in [0.2, 0.25) is 0 Å². The molecule has 2 nitrogen and oxygen atoms in total. The zero-order valence-corrected chi connectivity index (χ0v) is 8.14. The lowest BCUT2D eigenvalue weighted by Crippen LogP contribution is -1.74. The van der Waals surface area contributed by atoms with Crippen molar-refractivity contribution >= 4 is 23.1 Å². The molecule has 0 saturated heterocycles. The molecule has 4 heteroatoms. The Hall–Kier alpha value is -1.06. The van der Waals surface area contributed by atoms with Crippen LogP contribution < -0.4 is 0 Å². The van der Waals surface area contributed by atoms with Crippen molar-refractivity contribution in [1.82, 2.24) is 4.37 Å². The molecule has 1 aromatic carbocycles. The summed E-state index contributed by atoms with van der Waals surface area (Å²) in [6.45, 7) is 0. The van der Waals surface area contributed by atoms with E-state index in [0.717, 1.165) is 22.8 Å². The van der Waals surface area contributed by atoms with Gasteiger partial charge in [0.15, 0.2) is 5.06 Å². The van der Waals surface area contributed by atoms with Crippen LogP contribution in [0.15, 0.2) is 30.3 Å². The second kappa shape index (κ2) is 3.36. The lowest BCUT2D eigenvalue weighted by Gasteiger charge is -1.94. The quantitative estimate of drug-likeness (QED) is 0.786. The van der Waals surface area contributed by atoms with Gasteiger partial charge in [0.25, 0.3) is 0 Å². The van der Waals surface area contributed by atoms with Gasteiger partial charge in [0.1, 0.15) is 0 Å². The van der Waals surface area contributed by atoms with E-state index in [9.17, 15) is 0 Å². The fraction of sp³-hybridized carbons (Fsp3) is 0. The van der Waals surface area contributed by atoms with E-state index in [1.807, 2.05) is 12.1 Å². The topological polar surface area (TPSA) is 33.1 Å². The van der Waals surface area contributed by atoms with Crippen LogP contribution in [0.3, 0.4) is 0 Å². The number of hydrogen-bond acceptors (Lipinski definition) is 3. The van der Waals surface area contributed by atoms with Crippen molar-refractivity contribution in [3.63, 3.8) is 0 Å². The molecule has 0 amide bonds. The highest BCUT2D eigenvalue weighted by Crippen LogP contribution is 2.26. The highest BCUT2D eigenvalue weighted by Gasteiger charge is 2.02. The first-order valence-electron chi connectivity index (χ1n) is 3.67. The molecule has 1 N–H and O–H groups in total. The van der Waals surface area contributed by atoms with Crippen molar-refractivity contribution in [3.8, 4) is 16.3 Å². The van der Waals surface area contributed by atoms with Crippen LogP contribution in [0.5, 0.6) is 5.06 Å². The Balaban J connectivity index is 2.41. The Kier molecular flexibility index (Phi) is 2.20. The molecule has 0 spiro atoms. The van der Waals surface area contributed by atoms with E-state index in [1.165, 1.54) is 0 Å². The average Bonchev–Trinajstić information content (AvgIpc) is 2.53. The van der Waals surface area contributed by atoms with Crippen LogP contribution in [-0.2, 0) is 0 Å². The summed E-state index contributed by atoms with van der Waals surface area (Å²) in [5.41, 5.74) is 1.74. The standard InChI is InChI=1S/C9H6ClNOS/c10-7-3-1-6(2-4-7)8-5-9(12)13-11-8/h1-5,12H. The SMILES string of the molecule is Oc1cc(-c2ccc(Cl)cc2)ns1. The number of rotatable bonds is 1. The maximum Gasteiger partial charge on any atom is 0.191 e. The van der Waals surface area contributed by atoms with Crippen LogP contribution in [0.2, 0.25) is 5.02 Å². The number of hydrogen-bond donors (Lipinski definition) is 1. The van der Waals surface area contributed by atoms with Crippen molar-refractivity contribution in [2.45, 2.75) is 0 Å². The van der Waals surface area contributed by atoms with Crippen molar-refractivity contribution in [2.24, 2.45) is 0 Å². The third kappa shape index (κ3) is 1.82. The van der Waals surface area contributed by atoms with E-state index >= 15 is 0 Å². The molecule has 1 heterocycles. The molecule has 0 bridgehead atoms. The minimum absolute atomic E-state index is 0.227. The Bertz CT molecular complexity index is 410. The Morgan fingerprint density at radius 1 is 1.23 bits per heavy atom. The van der Waals surface area contributed by atoms with Gasteiger partial charge in [0, 0.05) is 28.2 Å². The second-order valence-electron chi connectivity index (χ2n) is 2.56. The summed E-state index contributed by atoms with van der Waals surface area (Å²) in [4.78, 5) is 0. The van der Waals surface area contributed by atoms with Crippen LogP contribution in [-0.4, -0.2) is 9.48 Å². The van der Waals surface area contributed by atoms with Crippen molar-refractivity contribution in [3.05, 3.63) is 35.4 Å². The zero-order chi connectivity index (χ0) is 9.26. The van der Waals surface area contributed by atoms with Gasteiger partial charge in [-0.25, -0.2) is 0 Å². The first-order valence-corrected chi connectivity index (χ1v) is 4.82. The molecule has 0 saturated carbocycles. The molecule has 0 fully saturated rings. The lowest BCUT2D eigenvalue weighted by molar-refractivity contribution is 0.491. The Labute approximate surface area is 84.6 Å². The molecule has 2 aromatic rings. The second-order valence-corrected chi connectivity index (χ2v) is 3.78. The summed E-state index contributed by atoms with van der Waals surface area (Å²) < 4.78 is 4.06. The van der Waals surface area contributed by atoms with Crippen LogP contribution in [0, 0.1) is 0 Å². The van der Waals surface area contributed by atoms with Gasteiger partial charge in [-0.3, -0.25) is 0 Å². The number of benzene rings is 1. The molecule has 66 valence electrons. The number of aromatic nitrogens is 1. The first kappa shape index (κ1) is 8.53. The van der Waals surface area contributed by atoms with Gasteiger partial charge < -0.3 is 5.11 Å². The van der Waals surface area contributed by atoms with Gasteiger partial charge in [-0.1, -0.05) is 23.7 Å². The van der Waals surface area contributed by atoms with Gasteiger partial charge in [-0.15, -0.1) is 0 Å². The monoisotopic (exact) mass is 211 g/mol. The van der Waals surface area contributed by atoms with E-state index in [4.69, 9.17) is 16.7 Å². The van der Waals surface area contributed by atoms with Crippen molar-refractivity contribution in [2.75, 3.05) is 0 Å². The fourth-order valence-corrected chi connectivity index (χ4v) is 1.66. The Morgan fingerprint density at radius 3 is 2.46 bits per heavy atom. The van der Waals surface area contributed by atoms with Gasteiger partial charge in [-0.2, -0.15) is 4.37 Å². The molecule has 0 radical (unpaired) electrons. The molecule has 0 unspecified atom stereocenters. The smallest absolute Gasteiger partial charge is 0.191 e. The highest BCUT2D eigenvalue weighted by molar-refractivity contribution is 7.07. The minimum atomic E-state index is 0.227. The third-order valence-electron chi connectivity index (χ3n) is 1.64. The fourth-order valence-electron chi connectivity index (χ4n) is 1.02. The van der Waals surface area contributed by atoms with Gasteiger partial charge in [-0.05, 0) is 12.1 Å². The molecular weight excluding hydrogens is 206 g/mol. The molecule has 0 aliphatic heterocycles. The molecule has 0 aliphatic carbocycles. The maximum atomic E-state index is 9.10. The number of halogens is 1. The predicted molar refractivity (Wildman–Crippen MR) is 54.2 cm³/mol. The normalized spacial score (nSPS) is 10.2. The van der Waals surface area contributed by atoms with Crippen LogP contribution in [0.25, 0.3) is 11.3 Å². The molecular formula is C9H6ClNOS. The highest BCUT2D eigenvalue weighted by atomic mass is 35.5. The summed E-state index contributed by atoms with van der Waals surface area (Å²) in [5, 5.41) is 10.0.